The standard InChI is InChI=1S/C13H18N4/c14-13-15-10-12-9-11(5-8-17(12)13)16-6-3-1-2-4-7-16/h5,8-10H,1-4,6-7H2,(H2,14,15). The van der Waals surface area contributed by atoms with Gasteiger partial charge in [-0.3, -0.25) is 4.40 Å². The number of hydrogen-bond acceptors (Lipinski definition) is 3. The molecule has 17 heavy (non-hydrogen) atoms. The molecule has 3 heterocycles. The average Bonchev–Trinajstić information content (AvgIpc) is 2.58. The van der Waals surface area contributed by atoms with Crippen LogP contribution in [0.4, 0.5) is 11.6 Å². The second kappa shape index (κ2) is 4.28. The highest BCUT2D eigenvalue weighted by Gasteiger charge is 2.10. The summed E-state index contributed by atoms with van der Waals surface area (Å²) in [6, 6.07) is 4.31. The van der Waals surface area contributed by atoms with Crippen molar-refractivity contribution < 1.29 is 0 Å². The first kappa shape index (κ1) is 10.4. The Morgan fingerprint density at radius 2 is 1.88 bits per heavy atom. The van der Waals surface area contributed by atoms with Crippen molar-refractivity contribution in [1.29, 1.82) is 0 Å². The number of fused-ring (bicyclic) bond motifs is 1. The van der Waals surface area contributed by atoms with Crippen LogP contribution in [0.5, 0.6) is 0 Å². The number of imidazole rings is 1. The summed E-state index contributed by atoms with van der Waals surface area (Å²) in [4.78, 5) is 6.59. The van der Waals surface area contributed by atoms with Crippen LogP contribution in [0.2, 0.25) is 0 Å². The normalized spacial score (nSPS) is 17.3. The fraction of sp³-hybridized carbons (Fsp3) is 0.462. The maximum absolute atomic E-state index is 5.77. The van der Waals surface area contributed by atoms with Crippen molar-refractivity contribution in [2.24, 2.45) is 0 Å². The molecule has 4 nitrogen and oxygen atoms in total. The Bertz CT molecular complexity index is 509. The van der Waals surface area contributed by atoms with Gasteiger partial charge >= 0.3 is 0 Å². The van der Waals surface area contributed by atoms with Crippen LogP contribution in [0.1, 0.15) is 25.7 Å². The first-order valence-corrected chi connectivity index (χ1v) is 6.32. The third kappa shape index (κ3) is 1.95. The van der Waals surface area contributed by atoms with Crippen molar-refractivity contribution >= 4 is 17.2 Å². The van der Waals surface area contributed by atoms with Gasteiger partial charge in [0.2, 0.25) is 5.95 Å². The van der Waals surface area contributed by atoms with Gasteiger partial charge in [-0.15, -0.1) is 0 Å². The van der Waals surface area contributed by atoms with Crippen LogP contribution >= 0.6 is 0 Å². The Hall–Kier alpha value is -1.71. The lowest BCUT2D eigenvalue weighted by molar-refractivity contribution is 0.726. The molecule has 1 fully saturated rings. The Morgan fingerprint density at radius 3 is 2.65 bits per heavy atom. The molecule has 2 aromatic rings. The number of anilines is 2. The SMILES string of the molecule is Nc1ncc2cc(N3CCCCCC3)ccn12. The van der Waals surface area contributed by atoms with Crippen LogP contribution in [0, 0.1) is 0 Å². The van der Waals surface area contributed by atoms with E-state index in [9.17, 15) is 0 Å². The number of pyridine rings is 1. The minimum Gasteiger partial charge on any atom is -0.371 e. The molecule has 90 valence electrons. The lowest BCUT2D eigenvalue weighted by atomic mass is 10.2. The van der Waals surface area contributed by atoms with E-state index in [1.807, 2.05) is 16.8 Å². The molecule has 1 aliphatic rings. The van der Waals surface area contributed by atoms with Gasteiger partial charge in [0.25, 0.3) is 0 Å². The molecule has 0 atom stereocenters. The fourth-order valence-electron chi connectivity index (χ4n) is 2.53. The van der Waals surface area contributed by atoms with E-state index in [0.29, 0.717) is 5.95 Å². The molecule has 0 aromatic carbocycles. The van der Waals surface area contributed by atoms with Gasteiger partial charge in [-0.25, -0.2) is 4.98 Å². The number of rotatable bonds is 1. The van der Waals surface area contributed by atoms with Crippen LogP contribution in [0.25, 0.3) is 5.52 Å². The molecule has 2 aromatic heterocycles. The van der Waals surface area contributed by atoms with Crippen molar-refractivity contribution in [3.8, 4) is 0 Å². The summed E-state index contributed by atoms with van der Waals surface area (Å²) in [5.41, 5.74) is 8.13. The zero-order valence-corrected chi connectivity index (χ0v) is 9.97. The molecule has 0 bridgehead atoms. The summed E-state index contributed by atoms with van der Waals surface area (Å²) in [6.07, 6.45) is 9.16. The number of hydrogen-bond donors (Lipinski definition) is 1. The summed E-state index contributed by atoms with van der Waals surface area (Å²) in [5, 5.41) is 0. The third-order valence-corrected chi connectivity index (χ3v) is 3.52. The van der Waals surface area contributed by atoms with Gasteiger partial charge in [0.1, 0.15) is 0 Å². The molecule has 4 heteroatoms. The molecule has 0 unspecified atom stereocenters. The molecular weight excluding hydrogens is 212 g/mol. The Balaban J connectivity index is 1.93. The van der Waals surface area contributed by atoms with E-state index in [2.05, 4.69) is 22.0 Å². The molecule has 3 rings (SSSR count). The van der Waals surface area contributed by atoms with Gasteiger partial charge in [0.15, 0.2) is 0 Å². The second-order valence-electron chi connectivity index (χ2n) is 4.70. The predicted molar refractivity (Wildman–Crippen MR) is 70.3 cm³/mol. The Labute approximate surface area is 101 Å². The lowest BCUT2D eigenvalue weighted by Crippen LogP contribution is -2.23. The minimum absolute atomic E-state index is 0.558. The Morgan fingerprint density at radius 1 is 1.12 bits per heavy atom. The first-order valence-electron chi connectivity index (χ1n) is 6.32. The minimum atomic E-state index is 0.558. The molecular formula is C13H18N4. The zero-order chi connectivity index (χ0) is 11.7. The zero-order valence-electron chi connectivity index (χ0n) is 9.97. The molecule has 1 aliphatic heterocycles. The van der Waals surface area contributed by atoms with E-state index in [4.69, 9.17) is 5.73 Å². The summed E-state index contributed by atoms with van der Waals surface area (Å²) in [6.45, 7) is 2.33. The average molecular weight is 230 g/mol. The van der Waals surface area contributed by atoms with E-state index in [1.165, 1.54) is 44.5 Å². The van der Waals surface area contributed by atoms with Crippen LogP contribution in [0.15, 0.2) is 24.5 Å². The molecule has 1 saturated heterocycles. The smallest absolute Gasteiger partial charge is 0.204 e. The van der Waals surface area contributed by atoms with Crippen molar-refractivity contribution in [1.82, 2.24) is 9.38 Å². The number of nitrogens with zero attached hydrogens (tertiary/aromatic N) is 3. The maximum Gasteiger partial charge on any atom is 0.204 e. The topological polar surface area (TPSA) is 46.6 Å². The van der Waals surface area contributed by atoms with Crippen molar-refractivity contribution in [2.75, 3.05) is 23.7 Å². The Kier molecular flexibility index (Phi) is 2.63. The summed E-state index contributed by atoms with van der Waals surface area (Å²) >= 11 is 0. The van der Waals surface area contributed by atoms with Crippen LogP contribution in [-0.2, 0) is 0 Å². The largest absolute Gasteiger partial charge is 0.371 e. The van der Waals surface area contributed by atoms with Gasteiger partial charge in [0.05, 0.1) is 11.7 Å². The molecule has 0 amide bonds. The molecule has 0 spiro atoms. The van der Waals surface area contributed by atoms with Gasteiger partial charge in [-0.05, 0) is 25.0 Å². The number of nitrogens with two attached hydrogens (primary N) is 1. The quantitative estimate of drug-likeness (QED) is 0.817. The van der Waals surface area contributed by atoms with Gasteiger partial charge in [0, 0.05) is 25.0 Å². The van der Waals surface area contributed by atoms with E-state index in [-0.39, 0.29) is 0 Å². The number of aromatic nitrogens is 2. The van der Waals surface area contributed by atoms with Crippen LogP contribution in [-0.4, -0.2) is 22.5 Å². The molecule has 2 N–H and O–H groups in total. The van der Waals surface area contributed by atoms with Crippen molar-refractivity contribution in [2.45, 2.75) is 25.7 Å². The van der Waals surface area contributed by atoms with E-state index < -0.39 is 0 Å². The summed E-state index contributed by atoms with van der Waals surface area (Å²) in [5.74, 6) is 0.558. The van der Waals surface area contributed by atoms with Gasteiger partial charge in [-0.2, -0.15) is 0 Å². The first-order chi connectivity index (χ1) is 8.34. The molecule has 0 radical (unpaired) electrons. The highest BCUT2D eigenvalue weighted by atomic mass is 15.1. The molecule has 0 saturated carbocycles. The number of nitrogen functional groups attached to an aromatic ring is 1. The van der Waals surface area contributed by atoms with Crippen molar-refractivity contribution in [3.63, 3.8) is 0 Å². The third-order valence-electron chi connectivity index (χ3n) is 3.52. The lowest BCUT2D eigenvalue weighted by Gasteiger charge is -2.22. The van der Waals surface area contributed by atoms with E-state index in [0.717, 1.165) is 5.52 Å². The highest BCUT2D eigenvalue weighted by Crippen LogP contribution is 2.22. The van der Waals surface area contributed by atoms with E-state index in [1.54, 1.807) is 0 Å². The van der Waals surface area contributed by atoms with Crippen molar-refractivity contribution in [3.05, 3.63) is 24.5 Å². The summed E-state index contributed by atoms with van der Waals surface area (Å²) < 4.78 is 1.92. The van der Waals surface area contributed by atoms with Gasteiger partial charge in [-0.1, -0.05) is 12.8 Å². The monoisotopic (exact) mass is 230 g/mol. The highest BCUT2D eigenvalue weighted by molar-refractivity contribution is 5.61. The maximum atomic E-state index is 5.77. The summed E-state index contributed by atoms with van der Waals surface area (Å²) in [7, 11) is 0. The van der Waals surface area contributed by atoms with Gasteiger partial charge < -0.3 is 10.6 Å². The fourth-order valence-corrected chi connectivity index (χ4v) is 2.53. The predicted octanol–water partition coefficient (Wildman–Crippen LogP) is 2.30. The molecule has 0 aliphatic carbocycles. The second-order valence-corrected chi connectivity index (χ2v) is 4.70. The van der Waals surface area contributed by atoms with E-state index >= 15 is 0 Å². The van der Waals surface area contributed by atoms with Crippen LogP contribution < -0.4 is 10.6 Å². The van der Waals surface area contributed by atoms with Crippen LogP contribution in [0.3, 0.4) is 0 Å².